The molecule has 2 aliphatic rings. The van der Waals surface area contributed by atoms with E-state index in [9.17, 15) is 9.59 Å². The van der Waals surface area contributed by atoms with Crippen LogP contribution in [-0.4, -0.2) is 34.5 Å². The average molecular weight is 211 g/mol. The fraction of sp³-hybridized carbons (Fsp3) is 0.818. The molecular formula is C11H17NO3. The molecule has 1 amide bonds. The van der Waals surface area contributed by atoms with Gasteiger partial charge >= 0.3 is 5.97 Å². The first kappa shape index (κ1) is 10.5. The molecule has 4 heteroatoms. The Morgan fingerprint density at radius 2 is 2.00 bits per heavy atom. The van der Waals surface area contributed by atoms with E-state index >= 15 is 0 Å². The van der Waals surface area contributed by atoms with E-state index in [1.165, 1.54) is 0 Å². The van der Waals surface area contributed by atoms with Crippen LogP contribution < -0.4 is 0 Å². The van der Waals surface area contributed by atoms with Gasteiger partial charge in [-0.2, -0.15) is 0 Å². The standard InChI is InChI=1S/C11H17NO3/c1-7-6-8(7)10(13)12-5-3-2-4-9(12)11(14)15/h7-9H,2-6H2,1H3,(H,14,15). The largest absolute Gasteiger partial charge is 0.480 e. The second-order valence-electron chi connectivity index (χ2n) is 4.70. The van der Waals surface area contributed by atoms with Gasteiger partial charge in [-0.25, -0.2) is 4.79 Å². The fourth-order valence-electron chi connectivity index (χ4n) is 2.33. The van der Waals surface area contributed by atoms with Crippen molar-refractivity contribution in [2.45, 2.75) is 38.6 Å². The van der Waals surface area contributed by atoms with Crippen LogP contribution in [0.4, 0.5) is 0 Å². The summed E-state index contributed by atoms with van der Waals surface area (Å²) in [5, 5.41) is 9.03. The predicted octanol–water partition coefficient (Wildman–Crippen LogP) is 1.11. The fourth-order valence-corrected chi connectivity index (χ4v) is 2.33. The zero-order chi connectivity index (χ0) is 11.0. The van der Waals surface area contributed by atoms with Crippen LogP contribution in [0.3, 0.4) is 0 Å². The second-order valence-corrected chi connectivity index (χ2v) is 4.70. The van der Waals surface area contributed by atoms with Gasteiger partial charge < -0.3 is 10.0 Å². The Labute approximate surface area is 89.3 Å². The number of rotatable bonds is 2. The number of likely N-dealkylation sites (tertiary alicyclic amines) is 1. The minimum Gasteiger partial charge on any atom is -0.480 e. The van der Waals surface area contributed by atoms with E-state index in [0.29, 0.717) is 18.9 Å². The molecule has 1 saturated heterocycles. The van der Waals surface area contributed by atoms with Crippen molar-refractivity contribution < 1.29 is 14.7 Å². The highest BCUT2D eigenvalue weighted by molar-refractivity contribution is 5.87. The maximum absolute atomic E-state index is 11.9. The van der Waals surface area contributed by atoms with Crippen LogP contribution in [0.25, 0.3) is 0 Å². The highest BCUT2D eigenvalue weighted by Gasteiger charge is 2.44. The van der Waals surface area contributed by atoms with E-state index in [1.807, 2.05) is 6.92 Å². The molecule has 0 aromatic heterocycles. The van der Waals surface area contributed by atoms with Crippen molar-refractivity contribution >= 4 is 11.9 Å². The molecule has 1 heterocycles. The van der Waals surface area contributed by atoms with Crippen LogP contribution in [0.2, 0.25) is 0 Å². The van der Waals surface area contributed by atoms with Gasteiger partial charge in [0.05, 0.1) is 0 Å². The molecule has 0 aromatic rings. The summed E-state index contributed by atoms with van der Waals surface area (Å²) >= 11 is 0. The SMILES string of the molecule is CC1CC1C(=O)N1CCCCC1C(=O)O. The Morgan fingerprint density at radius 1 is 1.33 bits per heavy atom. The topological polar surface area (TPSA) is 57.6 Å². The zero-order valence-electron chi connectivity index (χ0n) is 8.98. The Kier molecular flexibility index (Phi) is 2.67. The highest BCUT2D eigenvalue weighted by Crippen LogP contribution is 2.40. The summed E-state index contributed by atoms with van der Waals surface area (Å²) in [6.45, 7) is 2.67. The number of hydrogen-bond acceptors (Lipinski definition) is 2. The molecule has 0 radical (unpaired) electrons. The molecule has 0 aromatic carbocycles. The number of aliphatic carboxylic acids is 1. The molecule has 15 heavy (non-hydrogen) atoms. The van der Waals surface area contributed by atoms with Gasteiger partial charge in [0.2, 0.25) is 5.91 Å². The van der Waals surface area contributed by atoms with Crippen molar-refractivity contribution in [2.75, 3.05) is 6.54 Å². The molecule has 2 rings (SSSR count). The maximum Gasteiger partial charge on any atom is 0.326 e. The third-order valence-electron chi connectivity index (χ3n) is 3.50. The Morgan fingerprint density at radius 3 is 2.53 bits per heavy atom. The average Bonchev–Trinajstić information content (AvgIpc) is 2.94. The summed E-state index contributed by atoms with van der Waals surface area (Å²) in [7, 11) is 0. The minimum absolute atomic E-state index is 0.0644. The van der Waals surface area contributed by atoms with Crippen LogP contribution in [0.15, 0.2) is 0 Å². The van der Waals surface area contributed by atoms with Gasteiger partial charge in [0.25, 0.3) is 0 Å². The van der Waals surface area contributed by atoms with Gasteiger partial charge in [-0.15, -0.1) is 0 Å². The first-order valence-electron chi connectivity index (χ1n) is 5.64. The maximum atomic E-state index is 11.9. The van der Waals surface area contributed by atoms with Crippen LogP contribution >= 0.6 is 0 Å². The lowest BCUT2D eigenvalue weighted by Crippen LogP contribution is -2.48. The number of piperidine rings is 1. The van der Waals surface area contributed by atoms with Gasteiger partial charge in [-0.1, -0.05) is 6.92 Å². The number of hydrogen-bond donors (Lipinski definition) is 1. The lowest BCUT2D eigenvalue weighted by Gasteiger charge is -2.33. The summed E-state index contributed by atoms with van der Waals surface area (Å²) in [4.78, 5) is 24.5. The lowest BCUT2D eigenvalue weighted by atomic mass is 10.0. The third kappa shape index (κ3) is 1.98. The molecule has 1 saturated carbocycles. The van der Waals surface area contributed by atoms with Gasteiger partial charge in [0.1, 0.15) is 6.04 Å². The Hall–Kier alpha value is -1.06. The minimum atomic E-state index is -0.851. The van der Waals surface area contributed by atoms with Crippen molar-refractivity contribution in [3.8, 4) is 0 Å². The number of carbonyl (C=O) groups excluding carboxylic acids is 1. The zero-order valence-corrected chi connectivity index (χ0v) is 8.98. The van der Waals surface area contributed by atoms with Crippen LogP contribution in [-0.2, 0) is 9.59 Å². The predicted molar refractivity (Wildman–Crippen MR) is 54.3 cm³/mol. The molecule has 0 spiro atoms. The van der Waals surface area contributed by atoms with E-state index in [0.717, 1.165) is 19.3 Å². The monoisotopic (exact) mass is 211 g/mol. The molecule has 1 aliphatic carbocycles. The number of nitrogens with zero attached hydrogens (tertiary/aromatic N) is 1. The quantitative estimate of drug-likeness (QED) is 0.744. The first-order valence-corrected chi connectivity index (χ1v) is 5.64. The van der Waals surface area contributed by atoms with Crippen LogP contribution in [0.1, 0.15) is 32.6 Å². The van der Waals surface area contributed by atoms with E-state index < -0.39 is 12.0 Å². The number of carboxylic acids is 1. The van der Waals surface area contributed by atoms with Crippen LogP contribution in [0.5, 0.6) is 0 Å². The summed E-state index contributed by atoms with van der Waals surface area (Å²) in [6, 6.07) is -0.570. The summed E-state index contributed by atoms with van der Waals surface area (Å²) in [5.74, 6) is -0.232. The van der Waals surface area contributed by atoms with E-state index in [1.54, 1.807) is 4.90 Å². The van der Waals surface area contributed by atoms with Crippen molar-refractivity contribution in [2.24, 2.45) is 11.8 Å². The van der Waals surface area contributed by atoms with E-state index in [4.69, 9.17) is 5.11 Å². The number of carbonyl (C=O) groups is 2. The van der Waals surface area contributed by atoms with Gasteiger partial charge in [0.15, 0.2) is 0 Å². The Balaban J connectivity index is 2.04. The Bertz CT molecular complexity index is 290. The van der Waals surface area contributed by atoms with E-state index in [2.05, 4.69) is 0 Å². The van der Waals surface area contributed by atoms with Crippen LogP contribution in [0, 0.1) is 11.8 Å². The van der Waals surface area contributed by atoms with Gasteiger partial charge in [-0.3, -0.25) is 4.79 Å². The van der Waals surface area contributed by atoms with Crippen molar-refractivity contribution in [1.82, 2.24) is 4.90 Å². The first-order chi connectivity index (χ1) is 7.11. The number of carboxylic acid groups (broad SMARTS) is 1. The smallest absolute Gasteiger partial charge is 0.326 e. The van der Waals surface area contributed by atoms with Crippen molar-refractivity contribution in [3.05, 3.63) is 0 Å². The lowest BCUT2D eigenvalue weighted by molar-refractivity contribution is -0.152. The number of amides is 1. The van der Waals surface area contributed by atoms with E-state index in [-0.39, 0.29) is 11.8 Å². The highest BCUT2D eigenvalue weighted by atomic mass is 16.4. The van der Waals surface area contributed by atoms with Gasteiger partial charge in [-0.05, 0) is 31.6 Å². The molecule has 84 valence electrons. The third-order valence-corrected chi connectivity index (χ3v) is 3.50. The molecule has 4 nitrogen and oxygen atoms in total. The second kappa shape index (κ2) is 3.83. The summed E-state index contributed by atoms with van der Waals surface area (Å²) in [5.41, 5.74) is 0. The van der Waals surface area contributed by atoms with Crippen molar-refractivity contribution in [3.63, 3.8) is 0 Å². The molecule has 1 aliphatic heterocycles. The van der Waals surface area contributed by atoms with Gasteiger partial charge in [0, 0.05) is 12.5 Å². The molecule has 0 bridgehead atoms. The molecule has 1 N–H and O–H groups in total. The molecular weight excluding hydrogens is 194 g/mol. The summed E-state index contributed by atoms with van der Waals surface area (Å²) in [6.07, 6.45) is 3.40. The molecule has 3 atom stereocenters. The summed E-state index contributed by atoms with van der Waals surface area (Å²) < 4.78 is 0. The molecule has 3 unspecified atom stereocenters. The molecule has 2 fully saturated rings. The normalized spacial score (nSPS) is 35.0. The van der Waals surface area contributed by atoms with Crippen molar-refractivity contribution in [1.29, 1.82) is 0 Å².